The number of hydrogen-bond donors (Lipinski definition) is 0. The first-order valence-corrected chi connectivity index (χ1v) is 5.62. The third-order valence-corrected chi connectivity index (χ3v) is 5.81. The fourth-order valence-corrected chi connectivity index (χ4v) is 5.49. The van der Waals surface area contributed by atoms with Gasteiger partial charge in [-0.1, -0.05) is 0 Å². The summed E-state index contributed by atoms with van der Waals surface area (Å²) >= 11 is 0. The highest BCUT2D eigenvalue weighted by Gasteiger charge is 2.39. The second-order valence-electron chi connectivity index (χ2n) is 3.13. The Balaban J connectivity index is 2.32. The van der Waals surface area contributed by atoms with Gasteiger partial charge in [0.15, 0.2) is 0 Å². The second-order valence-corrected chi connectivity index (χ2v) is 6.51. The first kappa shape index (κ1) is 5.05. The van der Waals surface area contributed by atoms with Crippen LogP contribution in [0.1, 0.15) is 12.8 Å². The van der Waals surface area contributed by atoms with Crippen LogP contribution in [0.3, 0.4) is 0 Å². The fourth-order valence-electron chi connectivity index (χ4n) is 1.93. The van der Waals surface area contributed by atoms with Gasteiger partial charge in [-0.15, -0.1) is 0 Å². The largest absolute Gasteiger partial charge is 0.324 e. The maximum atomic E-state index is 11.4. The minimum atomic E-state index is -1.48. The lowest BCUT2D eigenvalue weighted by Gasteiger charge is -2.06. The maximum absolute atomic E-state index is 11.4. The van der Waals surface area contributed by atoms with Crippen LogP contribution in [0.25, 0.3) is 0 Å². The van der Waals surface area contributed by atoms with Gasteiger partial charge in [-0.2, -0.15) is 0 Å². The van der Waals surface area contributed by atoms with E-state index in [1.807, 2.05) is 0 Å². The normalized spacial score (nSPS) is 52.8. The summed E-state index contributed by atoms with van der Waals surface area (Å²) < 4.78 is 11.4. The Morgan fingerprint density at radius 2 is 1.88 bits per heavy atom. The molecule has 2 saturated heterocycles. The molecule has 0 unspecified atom stereocenters. The van der Waals surface area contributed by atoms with E-state index >= 15 is 0 Å². The molecule has 1 nitrogen and oxygen atoms in total. The molecule has 0 radical (unpaired) electrons. The summed E-state index contributed by atoms with van der Waals surface area (Å²) in [6, 6.07) is 0. The number of hydrogen-bond acceptors (Lipinski definition) is 1. The van der Waals surface area contributed by atoms with Crippen molar-refractivity contribution in [1.82, 2.24) is 0 Å². The van der Waals surface area contributed by atoms with E-state index in [9.17, 15) is 4.57 Å². The van der Waals surface area contributed by atoms with E-state index in [4.69, 9.17) is 0 Å². The zero-order valence-electron chi connectivity index (χ0n) is 4.97. The molecular formula is C6H11OP. The van der Waals surface area contributed by atoms with E-state index in [0.717, 1.165) is 24.4 Å². The van der Waals surface area contributed by atoms with Crippen molar-refractivity contribution >= 4 is 7.14 Å². The standard InChI is InChI=1S/C6H11OP/c7-8-3-1-6(5-8)2-4-8/h6H,1-5H2. The van der Waals surface area contributed by atoms with Gasteiger partial charge in [-0.3, -0.25) is 0 Å². The van der Waals surface area contributed by atoms with E-state index in [0.29, 0.717) is 0 Å². The molecule has 0 amide bonds. The molecule has 0 aromatic carbocycles. The summed E-state index contributed by atoms with van der Waals surface area (Å²) in [6.07, 6.45) is 5.82. The van der Waals surface area contributed by atoms with Crippen molar-refractivity contribution in [2.45, 2.75) is 12.8 Å². The van der Waals surface area contributed by atoms with Gasteiger partial charge in [0.05, 0.1) is 7.14 Å². The van der Waals surface area contributed by atoms with Gasteiger partial charge in [0.2, 0.25) is 0 Å². The van der Waals surface area contributed by atoms with Gasteiger partial charge in [0.25, 0.3) is 0 Å². The van der Waals surface area contributed by atoms with Crippen LogP contribution in [-0.4, -0.2) is 18.5 Å². The van der Waals surface area contributed by atoms with Crippen LogP contribution in [-0.2, 0) is 4.57 Å². The Morgan fingerprint density at radius 1 is 1.25 bits per heavy atom. The van der Waals surface area contributed by atoms with Crippen molar-refractivity contribution < 1.29 is 4.57 Å². The van der Waals surface area contributed by atoms with Gasteiger partial charge in [-0.25, -0.2) is 0 Å². The minimum Gasteiger partial charge on any atom is -0.324 e. The quantitative estimate of drug-likeness (QED) is 0.457. The molecular weight excluding hydrogens is 119 g/mol. The van der Waals surface area contributed by atoms with Gasteiger partial charge in [0, 0.05) is 18.5 Å². The molecule has 2 aliphatic rings. The molecule has 46 valence electrons. The van der Waals surface area contributed by atoms with Crippen molar-refractivity contribution in [3.05, 3.63) is 0 Å². The van der Waals surface area contributed by atoms with Crippen LogP contribution in [0.2, 0.25) is 0 Å². The Kier molecular flexibility index (Phi) is 0.875. The van der Waals surface area contributed by atoms with E-state index in [1.54, 1.807) is 0 Å². The highest BCUT2D eigenvalue weighted by atomic mass is 31.2. The topological polar surface area (TPSA) is 17.1 Å². The Hall–Kier alpha value is 0.230. The van der Waals surface area contributed by atoms with E-state index in [1.165, 1.54) is 12.8 Å². The molecule has 0 spiro atoms. The zero-order valence-corrected chi connectivity index (χ0v) is 5.86. The SMILES string of the molecule is O=P12CCC(CC1)C2. The Bertz CT molecular complexity index is 141. The molecule has 2 bridgehead atoms. The second kappa shape index (κ2) is 1.39. The summed E-state index contributed by atoms with van der Waals surface area (Å²) in [5.41, 5.74) is 0. The van der Waals surface area contributed by atoms with E-state index in [-0.39, 0.29) is 0 Å². The molecule has 2 fully saturated rings. The molecule has 0 atom stereocenters. The molecule has 8 heavy (non-hydrogen) atoms. The number of rotatable bonds is 0. The predicted molar refractivity (Wildman–Crippen MR) is 34.9 cm³/mol. The summed E-state index contributed by atoms with van der Waals surface area (Å²) in [6.45, 7) is 0. The third kappa shape index (κ3) is 0.574. The Morgan fingerprint density at radius 3 is 2.00 bits per heavy atom. The molecule has 0 saturated carbocycles. The van der Waals surface area contributed by atoms with Crippen molar-refractivity contribution in [2.75, 3.05) is 18.5 Å². The maximum Gasteiger partial charge on any atom is 0.0880 e. The predicted octanol–water partition coefficient (Wildman–Crippen LogP) is 1.77. The summed E-state index contributed by atoms with van der Waals surface area (Å²) in [4.78, 5) is 0. The highest BCUT2D eigenvalue weighted by molar-refractivity contribution is 7.64. The highest BCUT2D eigenvalue weighted by Crippen LogP contribution is 2.61. The number of fused-ring (bicyclic) bond motifs is 2. The molecule has 0 aromatic rings. The first-order valence-electron chi connectivity index (χ1n) is 3.36. The zero-order chi connectivity index (χ0) is 5.61. The summed E-state index contributed by atoms with van der Waals surface area (Å²) in [5.74, 6) is 0.876. The lowest BCUT2D eigenvalue weighted by atomic mass is 10.1. The van der Waals surface area contributed by atoms with Crippen LogP contribution < -0.4 is 0 Å². The van der Waals surface area contributed by atoms with Crippen LogP contribution in [0, 0.1) is 5.92 Å². The first-order chi connectivity index (χ1) is 3.79. The summed E-state index contributed by atoms with van der Waals surface area (Å²) in [7, 11) is -1.48. The minimum absolute atomic E-state index is 0.876. The van der Waals surface area contributed by atoms with Gasteiger partial charge in [-0.05, 0) is 18.8 Å². The summed E-state index contributed by atoms with van der Waals surface area (Å²) in [5, 5.41) is 0. The average Bonchev–Trinajstić information content (AvgIpc) is 2.21. The molecule has 2 heteroatoms. The monoisotopic (exact) mass is 130 g/mol. The third-order valence-electron chi connectivity index (χ3n) is 2.48. The Labute approximate surface area is 49.8 Å². The van der Waals surface area contributed by atoms with Crippen molar-refractivity contribution in [3.63, 3.8) is 0 Å². The molecule has 0 N–H and O–H groups in total. The van der Waals surface area contributed by atoms with Crippen LogP contribution >= 0.6 is 7.14 Å². The lowest BCUT2D eigenvalue weighted by molar-refractivity contribution is 0.568. The van der Waals surface area contributed by atoms with Crippen molar-refractivity contribution in [2.24, 2.45) is 5.92 Å². The molecule has 0 aromatic heterocycles. The van der Waals surface area contributed by atoms with Crippen molar-refractivity contribution in [1.29, 1.82) is 0 Å². The molecule has 2 heterocycles. The van der Waals surface area contributed by atoms with Gasteiger partial charge >= 0.3 is 0 Å². The smallest absolute Gasteiger partial charge is 0.0880 e. The van der Waals surface area contributed by atoms with Crippen LogP contribution in [0.5, 0.6) is 0 Å². The van der Waals surface area contributed by atoms with Gasteiger partial charge < -0.3 is 4.57 Å². The van der Waals surface area contributed by atoms with E-state index < -0.39 is 7.14 Å². The molecule has 2 rings (SSSR count). The van der Waals surface area contributed by atoms with Crippen LogP contribution in [0.15, 0.2) is 0 Å². The molecule has 0 aliphatic carbocycles. The fraction of sp³-hybridized carbons (Fsp3) is 1.00. The van der Waals surface area contributed by atoms with E-state index in [2.05, 4.69) is 0 Å². The van der Waals surface area contributed by atoms with Crippen LogP contribution in [0.4, 0.5) is 0 Å². The lowest BCUT2D eigenvalue weighted by Crippen LogP contribution is -1.95. The van der Waals surface area contributed by atoms with Gasteiger partial charge in [0.1, 0.15) is 0 Å². The van der Waals surface area contributed by atoms with Crippen molar-refractivity contribution in [3.8, 4) is 0 Å². The molecule has 2 aliphatic heterocycles. The average molecular weight is 130 g/mol.